The van der Waals surface area contributed by atoms with E-state index in [0.717, 1.165) is 16.9 Å². The van der Waals surface area contributed by atoms with Gasteiger partial charge in [0.25, 0.3) is 0 Å². The summed E-state index contributed by atoms with van der Waals surface area (Å²) in [7, 11) is 0. The lowest BCUT2D eigenvalue weighted by atomic mass is 10.0. The molecule has 0 saturated carbocycles. The van der Waals surface area contributed by atoms with Gasteiger partial charge in [0.15, 0.2) is 0 Å². The molecule has 0 fully saturated rings. The van der Waals surface area contributed by atoms with Crippen LogP contribution in [0.5, 0.6) is 5.75 Å². The second kappa shape index (κ2) is 6.49. The molecule has 1 aromatic heterocycles. The van der Waals surface area contributed by atoms with Gasteiger partial charge in [0, 0.05) is 16.0 Å². The molecule has 0 aliphatic carbocycles. The molecular formula is C19H16ClNO3. The average molecular weight is 342 g/mol. The number of aryl methyl sites for hydroxylation is 1. The van der Waals surface area contributed by atoms with E-state index in [0.29, 0.717) is 28.2 Å². The second-order valence-electron chi connectivity index (χ2n) is 5.39. The molecule has 3 aromatic rings. The van der Waals surface area contributed by atoms with E-state index in [9.17, 15) is 9.90 Å². The number of aromatic carboxylic acids is 1. The Kier molecular flexibility index (Phi) is 4.40. The monoisotopic (exact) mass is 341 g/mol. The van der Waals surface area contributed by atoms with Gasteiger partial charge in [0.05, 0.1) is 23.4 Å². The van der Waals surface area contributed by atoms with Crippen LogP contribution in [0.4, 0.5) is 0 Å². The summed E-state index contributed by atoms with van der Waals surface area (Å²) in [4.78, 5) is 16.3. The minimum Gasteiger partial charge on any atom is -0.494 e. The highest BCUT2D eigenvalue weighted by Crippen LogP contribution is 2.31. The summed E-state index contributed by atoms with van der Waals surface area (Å²) in [5, 5.41) is 10.7. The van der Waals surface area contributed by atoms with Crippen LogP contribution in [-0.4, -0.2) is 22.7 Å². The van der Waals surface area contributed by atoms with Crippen LogP contribution < -0.4 is 4.74 Å². The number of carboxylic acid groups (broad SMARTS) is 1. The van der Waals surface area contributed by atoms with E-state index in [-0.39, 0.29) is 5.56 Å². The topological polar surface area (TPSA) is 59.4 Å². The van der Waals surface area contributed by atoms with Gasteiger partial charge in [-0.1, -0.05) is 29.8 Å². The maximum absolute atomic E-state index is 11.7. The summed E-state index contributed by atoms with van der Waals surface area (Å²) in [5.74, 6) is -0.275. The number of carboxylic acids is 1. The predicted molar refractivity (Wildman–Crippen MR) is 95.1 cm³/mol. The number of pyridine rings is 1. The standard InChI is InChI=1S/C19H16ClNO3/c1-3-24-13-6-4-5-12(9-13)17-10-15(19(22)23)14-7-8-16(20)11(2)18(14)21-17/h4-10H,3H2,1-2H3,(H,22,23). The summed E-state index contributed by atoms with van der Waals surface area (Å²) in [6.45, 7) is 4.31. The Labute approximate surface area is 144 Å². The first-order valence-corrected chi connectivity index (χ1v) is 7.95. The Morgan fingerprint density at radius 3 is 2.75 bits per heavy atom. The first kappa shape index (κ1) is 16.3. The van der Waals surface area contributed by atoms with E-state index in [1.165, 1.54) is 0 Å². The molecule has 122 valence electrons. The van der Waals surface area contributed by atoms with Crippen molar-refractivity contribution in [3.8, 4) is 17.0 Å². The molecule has 0 aliphatic heterocycles. The zero-order chi connectivity index (χ0) is 17.3. The van der Waals surface area contributed by atoms with Gasteiger partial charge in [0.2, 0.25) is 0 Å². The second-order valence-corrected chi connectivity index (χ2v) is 5.80. The van der Waals surface area contributed by atoms with E-state index in [1.807, 2.05) is 38.1 Å². The smallest absolute Gasteiger partial charge is 0.336 e. The molecule has 0 atom stereocenters. The first-order chi connectivity index (χ1) is 11.5. The van der Waals surface area contributed by atoms with Crippen molar-refractivity contribution in [3.05, 3.63) is 58.6 Å². The molecule has 4 nitrogen and oxygen atoms in total. The summed E-state index contributed by atoms with van der Waals surface area (Å²) in [5.41, 5.74) is 2.94. The van der Waals surface area contributed by atoms with E-state index in [4.69, 9.17) is 16.3 Å². The van der Waals surface area contributed by atoms with E-state index in [1.54, 1.807) is 18.2 Å². The number of aromatic nitrogens is 1. The van der Waals surface area contributed by atoms with Crippen molar-refractivity contribution >= 4 is 28.5 Å². The molecule has 0 bridgehead atoms. The molecule has 0 spiro atoms. The molecule has 0 amide bonds. The molecule has 1 N–H and O–H groups in total. The molecule has 2 aromatic carbocycles. The van der Waals surface area contributed by atoms with Crippen molar-refractivity contribution in [2.45, 2.75) is 13.8 Å². The van der Waals surface area contributed by atoms with Crippen LogP contribution in [0.1, 0.15) is 22.8 Å². The average Bonchev–Trinajstić information content (AvgIpc) is 2.58. The fourth-order valence-corrected chi connectivity index (χ4v) is 2.79. The van der Waals surface area contributed by atoms with Gasteiger partial charge in [-0.25, -0.2) is 9.78 Å². The molecule has 3 rings (SSSR count). The van der Waals surface area contributed by atoms with Crippen molar-refractivity contribution in [2.24, 2.45) is 0 Å². The lowest BCUT2D eigenvalue weighted by molar-refractivity contribution is 0.0699. The number of benzene rings is 2. The molecule has 0 saturated heterocycles. The van der Waals surface area contributed by atoms with Gasteiger partial charge in [-0.05, 0) is 43.7 Å². The Hall–Kier alpha value is -2.59. The molecule has 0 radical (unpaired) electrons. The number of carbonyl (C=O) groups is 1. The Morgan fingerprint density at radius 2 is 2.04 bits per heavy atom. The fraction of sp³-hybridized carbons (Fsp3) is 0.158. The van der Waals surface area contributed by atoms with Crippen LogP contribution in [0.25, 0.3) is 22.2 Å². The minimum absolute atomic E-state index is 0.205. The van der Waals surface area contributed by atoms with Crippen LogP contribution in [0.15, 0.2) is 42.5 Å². The number of halogens is 1. The highest BCUT2D eigenvalue weighted by atomic mass is 35.5. The summed E-state index contributed by atoms with van der Waals surface area (Å²) in [6, 6.07) is 12.4. The lowest BCUT2D eigenvalue weighted by Gasteiger charge is -2.11. The van der Waals surface area contributed by atoms with Crippen LogP contribution in [-0.2, 0) is 0 Å². The summed E-state index contributed by atoms with van der Waals surface area (Å²) in [6.07, 6.45) is 0. The van der Waals surface area contributed by atoms with Gasteiger partial charge in [-0.3, -0.25) is 0 Å². The number of hydrogen-bond donors (Lipinski definition) is 1. The fourth-order valence-electron chi connectivity index (χ4n) is 2.64. The van der Waals surface area contributed by atoms with E-state index < -0.39 is 5.97 Å². The van der Waals surface area contributed by atoms with Gasteiger partial charge in [-0.2, -0.15) is 0 Å². The summed E-state index contributed by atoms with van der Waals surface area (Å²) < 4.78 is 5.51. The number of ether oxygens (including phenoxy) is 1. The van der Waals surface area contributed by atoms with Gasteiger partial charge in [0.1, 0.15) is 5.75 Å². The summed E-state index contributed by atoms with van der Waals surface area (Å²) >= 11 is 6.18. The number of nitrogens with zero attached hydrogens (tertiary/aromatic N) is 1. The SMILES string of the molecule is CCOc1cccc(-c2cc(C(=O)O)c3ccc(Cl)c(C)c3n2)c1. The first-order valence-electron chi connectivity index (χ1n) is 7.57. The largest absolute Gasteiger partial charge is 0.494 e. The van der Waals surface area contributed by atoms with Crippen LogP contribution in [0, 0.1) is 6.92 Å². The minimum atomic E-state index is -0.994. The van der Waals surface area contributed by atoms with Crippen molar-refractivity contribution in [2.75, 3.05) is 6.61 Å². The molecule has 0 unspecified atom stereocenters. The van der Waals surface area contributed by atoms with Gasteiger partial charge in [-0.15, -0.1) is 0 Å². The van der Waals surface area contributed by atoms with Gasteiger partial charge < -0.3 is 9.84 Å². The number of hydrogen-bond acceptors (Lipinski definition) is 3. The Balaban J connectivity index is 2.27. The Bertz CT molecular complexity index is 937. The third kappa shape index (κ3) is 2.93. The van der Waals surface area contributed by atoms with E-state index >= 15 is 0 Å². The van der Waals surface area contributed by atoms with Crippen molar-refractivity contribution < 1.29 is 14.6 Å². The van der Waals surface area contributed by atoms with Crippen molar-refractivity contribution in [1.82, 2.24) is 4.98 Å². The zero-order valence-corrected chi connectivity index (χ0v) is 14.1. The quantitative estimate of drug-likeness (QED) is 0.728. The third-order valence-electron chi connectivity index (χ3n) is 3.84. The molecule has 24 heavy (non-hydrogen) atoms. The van der Waals surface area contributed by atoms with Gasteiger partial charge >= 0.3 is 5.97 Å². The maximum Gasteiger partial charge on any atom is 0.336 e. The van der Waals surface area contributed by atoms with Crippen molar-refractivity contribution in [3.63, 3.8) is 0 Å². The maximum atomic E-state index is 11.7. The normalized spacial score (nSPS) is 10.8. The number of rotatable bonds is 4. The Morgan fingerprint density at radius 1 is 1.25 bits per heavy atom. The molecule has 1 heterocycles. The third-order valence-corrected chi connectivity index (χ3v) is 4.25. The van der Waals surface area contributed by atoms with Crippen LogP contribution >= 0.6 is 11.6 Å². The lowest BCUT2D eigenvalue weighted by Crippen LogP contribution is -2.01. The molecule has 0 aliphatic rings. The van der Waals surface area contributed by atoms with E-state index in [2.05, 4.69) is 4.98 Å². The highest BCUT2D eigenvalue weighted by Gasteiger charge is 2.15. The molecule has 5 heteroatoms. The molecular weight excluding hydrogens is 326 g/mol. The van der Waals surface area contributed by atoms with Crippen LogP contribution in [0.2, 0.25) is 5.02 Å². The number of fused-ring (bicyclic) bond motifs is 1. The highest BCUT2D eigenvalue weighted by molar-refractivity contribution is 6.32. The zero-order valence-electron chi connectivity index (χ0n) is 13.3. The van der Waals surface area contributed by atoms with Crippen LogP contribution in [0.3, 0.4) is 0 Å². The predicted octanol–water partition coefficient (Wildman–Crippen LogP) is 4.96. The van der Waals surface area contributed by atoms with Crippen molar-refractivity contribution in [1.29, 1.82) is 0 Å².